The number of hydrogen-bond donors (Lipinski definition) is 1. The highest BCUT2D eigenvalue weighted by atomic mass is 79.9. The Morgan fingerprint density at radius 3 is 2.64 bits per heavy atom. The highest BCUT2D eigenvalue weighted by molar-refractivity contribution is 9.10. The minimum absolute atomic E-state index is 0.0600. The lowest BCUT2D eigenvalue weighted by atomic mass is 9.93. The molecule has 0 unspecified atom stereocenters. The number of hydrogen-bond acceptors (Lipinski definition) is 6. The highest BCUT2D eigenvalue weighted by Gasteiger charge is 2.42. The molecule has 0 saturated heterocycles. The van der Waals surface area contributed by atoms with Crippen LogP contribution in [-0.2, 0) is 4.79 Å². The molecule has 2 heterocycles. The van der Waals surface area contributed by atoms with Crippen LogP contribution in [0.1, 0.15) is 37.9 Å². The number of nitrogens with two attached hydrogens (primary N) is 1. The Labute approximate surface area is 177 Å². The molecular formula is C20H22BrN5OS. The summed E-state index contributed by atoms with van der Waals surface area (Å²) in [5.41, 5.74) is 9.58. The van der Waals surface area contributed by atoms with E-state index in [0.29, 0.717) is 40.3 Å². The molecule has 6 nitrogen and oxygen atoms in total. The number of nitriles is 1. The third-order valence-electron chi connectivity index (χ3n) is 4.97. The first-order valence-electron chi connectivity index (χ1n) is 9.05. The number of rotatable bonds is 4. The topological polar surface area (TPSA) is 85.7 Å². The summed E-state index contributed by atoms with van der Waals surface area (Å²) in [6.07, 6.45) is 0. The molecule has 0 aromatic heterocycles. The number of nitrogens with zero attached hydrogens (tertiary/aromatic N) is 4. The maximum atomic E-state index is 13.4. The van der Waals surface area contributed by atoms with Crippen molar-refractivity contribution >= 4 is 38.8 Å². The van der Waals surface area contributed by atoms with E-state index in [0.717, 1.165) is 15.6 Å². The number of amides is 1. The first-order chi connectivity index (χ1) is 13.3. The van der Waals surface area contributed by atoms with Crippen molar-refractivity contribution in [2.24, 2.45) is 10.7 Å². The summed E-state index contributed by atoms with van der Waals surface area (Å²) in [5, 5.41) is 10.1. The number of halogens is 1. The number of benzene rings is 1. The van der Waals surface area contributed by atoms with Crippen LogP contribution in [0.25, 0.3) is 0 Å². The molecule has 3 rings (SSSR count). The van der Waals surface area contributed by atoms with Crippen molar-refractivity contribution < 1.29 is 4.79 Å². The zero-order chi connectivity index (χ0) is 20.6. The van der Waals surface area contributed by atoms with Crippen molar-refractivity contribution in [2.45, 2.75) is 33.7 Å². The maximum absolute atomic E-state index is 13.4. The molecule has 0 fully saturated rings. The molecule has 1 aromatic rings. The summed E-state index contributed by atoms with van der Waals surface area (Å²) >= 11 is 4.84. The van der Waals surface area contributed by atoms with Gasteiger partial charge in [-0.25, -0.2) is 4.99 Å². The quantitative estimate of drug-likeness (QED) is 0.734. The van der Waals surface area contributed by atoms with E-state index in [2.05, 4.69) is 27.0 Å². The zero-order valence-corrected chi connectivity index (χ0v) is 18.7. The maximum Gasteiger partial charge on any atom is 0.254 e. The van der Waals surface area contributed by atoms with E-state index in [-0.39, 0.29) is 5.91 Å². The second-order valence-corrected chi connectivity index (χ2v) is 8.41. The number of thioether (sulfide) groups is 1. The van der Waals surface area contributed by atoms with Crippen LogP contribution >= 0.6 is 27.7 Å². The Morgan fingerprint density at radius 2 is 2.07 bits per heavy atom. The van der Waals surface area contributed by atoms with Gasteiger partial charge in [0.25, 0.3) is 5.91 Å². The lowest BCUT2D eigenvalue weighted by molar-refractivity contribution is -0.127. The van der Waals surface area contributed by atoms with Crippen LogP contribution in [0.2, 0.25) is 0 Å². The summed E-state index contributed by atoms with van der Waals surface area (Å²) in [5.74, 6) is 0.278. The Bertz CT molecular complexity index is 971. The predicted octanol–water partition coefficient (Wildman–Crippen LogP) is 4.01. The van der Waals surface area contributed by atoms with Crippen molar-refractivity contribution in [1.82, 2.24) is 9.80 Å². The van der Waals surface area contributed by atoms with Crippen molar-refractivity contribution in [3.63, 3.8) is 0 Å². The molecule has 0 spiro atoms. The molecule has 0 radical (unpaired) electrons. The smallest absolute Gasteiger partial charge is 0.254 e. The Hall–Kier alpha value is -2.24. The predicted molar refractivity (Wildman–Crippen MR) is 116 cm³/mol. The van der Waals surface area contributed by atoms with Gasteiger partial charge in [-0.05, 0) is 56.7 Å². The Kier molecular flexibility index (Phi) is 5.87. The van der Waals surface area contributed by atoms with E-state index >= 15 is 0 Å². The second-order valence-electron chi connectivity index (χ2n) is 6.58. The largest absolute Gasteiger partial charge is 0.383 e. The average molecular weight is 460 g/mol. The van der Waals surface area contributed by atoms with Gasteiger partial charge in [0.2, 0.25) is 0 Å². The number of amidine groups is 1. The molecule has 146 valence electrons. The standard InChI is InChI=1S/C20H22BrN5OS/c1-5-25(6-2)19(27)16-12(4)24-20-26(18(23)15(10-22)28-20)17(16)13-8-7-11(3)14(21)9-13/h7-9,17H,5-6,23H2,1-4H3/t17-/m1/s1. The molecule has 2 aliphatic heterocycles. The van der Waals surface area contributed by atoms with E-state index in [1.807, 2.05) is 50.8 Å². The van der Waals surface area contributed by atoms with Crippen LogP contribution < -0.4 is 5.73 Å². The monoisotopic (exact) mass is 459 g/mol. The fourth-order valence-electron chi connectivity index (χ4n) is 3.39. The fourth-order valence-corrected chi connectivity index (χ4v) is 4.70. The lowest BCUT2D eigenvalue weighted by Crippen LogP contribution is -2.42. The van der Waals surface area contributed by atoms with E-state index in [1.54, 1.807) is 4.90 Å². The van der Waals surface area contributed by atoms with Gasteiger partial charge in [-0.3, -0.25) is 9.69 Å². The molecule has 2 aliphatic rings. The number of allylic oxidation sites excluding steroid dienone is 2. The van der Waals surface area contributed by atoms with E-state index in [1.165, 1.54) is 11.8 Å². The number of aliphatic imine (C=N–C) groups is 1. The van der Waals surface area contributed by atoms with Gasteiger partial charge in [-0.1, -0.05) is 28.1 Å². The molecule has 0 bridgehead atoms. The average Bonchev–Trinajstić information content (AvgIpc) is 2.99. The van der Waals surface area contributed by atoms with Gasteiger partial charge in [0.05, 0.1) is 17.3 Å². The molecule has 1 amide bonds. The molecule has 28 heavy (non-hydrogen) atoms. The Morgan fingerprint density at radius 1 is 1.39 bits per heavy atom. The summed E-state index contributed by atoms with van der Waals surface area (Å²) in [7, 11) is 0. The number of likely N-dealkylation sites (N-methyl/N-ethyl adjacent to an activating group) is 1. The van der Waals surface area contributed by atoms with Gasteiger partial charge in [0.15, 0.2) is 5.17 Å². The van der Waals surface area contributed by atoms with E-state index < -0.39 is 6.04 Å². The SMILES string of the molecule is CCN(CC)C(=O)C1=C(C)N=C2SC(C#N)=C(N)N2[C@@H]1c1ccc(C)c(Br)c1. The number of carbonyl (C=O) groups is 1. The van der Waals surface area contributed by atoms with Crippen LogP contribution in [0.3, 0.4) is 0 Å². The second kappa shape index (κ2) is 8.02. The van der Waals surface area contributed by atoms with Crippen molar-refractivity contribution in [2.75, 3.05) is 13.1 Å². The van der Waals surface area contributed by atoms with Gasteiger partial charge in [-0.2, -0.15) is 5.26 Å². The van der Waals surface area contributed by atoms with Gasteiger partial charge >= 0.3 is 0 Å². The summed E-state index contributed by atoms with van der Waals surface area (Å²) in [6, 6.07) is 7.72. The highest BCUT2D eigenvalue weighted by Crippen LogP contribution is 2.46. The summed E-state index contributed by atoms with van der Waals surface area (Å²) in [4.78, 5) is 22.0. The van der Waals surface area contributed by atoms with Crippen LogP contribution in [0.5, 0.6) is 0 Å². The fraction of sp³-hybridized carbons (Fsp3) is 0.350. The lowest BCUT2D eigenvalue weighted by Gasteiger charge is -2.37. The first-order valence-corrected chi connectivity index (χ1v) is 10.7. The molecule has 2 N–H and O–H groups in total. The Balaban J connectivity index is 2.22. The van der Waals surface area contributed by atoms with Crippen LogP contribution in [0.4, 0.5) is 0 Å². The molecule has 0 saturated carbocycles. The molecule has 1 aromatic carbocycles. The summed E-state index contributed by atoms with van der Waals surface area (Å²) < 4.78 is 0.955. The minimum Gasteiger partial charge on any atom is -0.383 e. The molecular weight excluding hydrogens is 438 g/mol. The van der Waals surface area contributed by atoms with Crippen molar-refractivity contribution in [1.29, 1.82) is 5.26 Å². The van der Waals surface area contributed by atoms with Gasteiger partial charge in [0.1, 0.15) is 16.8 Å². The van der Waals surface area contributed by atoms with E-state index in [4.69, 9.17) is 5.73 Å². The zero-order valence-electron chi connectivity index (χ0n) is 16.3. The third-order valence-corrected chi connectivity index (χ3v) is 6.80. The van der Waals surface area contributed by atoms with Gasteiger partial charge < -0.3 is 10.6 Å². The summed E-state index contributed by atoms with van der Waals surface area (Å²) in [6.45, 7) is 8.99. The molecule has 8 heteroatoms. The first kappa shape index (κ1) is 20.5. The van der Waals surface area contributed by atoms with Gasteiger partial charge in [0, 0.05) is 17.6 Å². The normalized spacial score (nSPS) is 18.8. The van der Waals surface area contributed by atoms with Crippen LogP contribution in [0, 0.1) is 18.3 Å². The number of aryl methyl sites for hydroxylation is 1. The van der Waals surface area contributed by atoms with Crippen LogP contribution in [0.15, 0.2) is 49.7 Å². The van der Waals surface area contributed by atoms with Gasteiger partial charge in [-0.15, -0.1) is 0 Å². The molecule has 1 atom stereocenters. The van der Waals surface area contributed by atoms with Crippen LogP contribution in [-0.4, -0.2) is 34.0 Å². The van der Waals surface area contributed by atoms with Crippen molar-refractivity contribution in [3.05, 3.63) is 55.8 Å². The van der Waals surface area contributed by atoms with E-state index in [9.17, 15) is 10.1 Å². The number of carbonyl (C=O) groups excluding carboxylic acids is 1. The minimum atomic E-state index is -0.434. The molecule has 0 aliphatic carbocycles. The third kappa shape index (κ3) is 3.33. The van der Waals surface area contributed by atoms with Crippen molar-refractivity contribution in [3.8, 4) is 6.07 Å². The number of fused-ring (bicyclic) bond motifs is 1.